The third kappa shape index (κ3) is 4.38. The van der Waals surface area contributed by atoms with Crippen LogP contribution in [-0.2, 0) is 19.2 Å². The molecular formula is C31H24BrNO8. The summed E-state index contributed by atoms with van der Waals surface area (Å²) in [5, 5.41) is 18.5. The predicted octanol–water partition coefficient (Wildman–Crippen LogP) is 3.72. The maximum Gasteiger partial charge on any atom is 0.335 e. The number of nitrogens with zero attached hydrogens (tertiary/aromatic N) is 1. The number of aromatic carboxylic acids is 1. The minimum absolute atomic E-state index is 0.0429. The second-order valence-corrected chi connectivity index (χ2v) is 11.3. The Morgan fingerprint density at radius 1 is 1.02 bits per heavy atom. The van der Waals surface area contributed by atoms with Gasteiger partial charge in [0.2, 0.25) is 11.8 Å². The molecule has 1 aliphatic heterocycles. The monoisotopic (exact) mass is 617 g/mol. The lowest BCUT2D eigenvalue weighted by Crippen LogP contribution is -2.39. The molecule has 6 rings (SSSR count). The molecule has 208 valence electrons. The van der Waals surface area contributed by atoms with Gasteiger partial charge in [0, 0.05) is 23.1 Å². The van der Waals surface area contributed by atoms with E-state index < -0.39 is 41.5 Å². The van der Waals surface area contributed by atoms with Crippen molar-refractivity contribution in [1.82, 2.24) is 0 Å². The molecule has 0 aromatic heterocycles. The maximum atomic E-state index is 14.0. The van der Waals surface area contributed by atoms with Gasteiger partial charge in [-0.15, -0.1) is 0 Å². The Hall–Kier alpha value is -4.15. The van der Waals surface area contributed by atoms with E-state index in [0.717, 1.165) is 16.0 Å². The summed E-state index contributed by atoms with van der Waals surface area (Å²) in [6.07, 6.45) is 3.60. The average Bonchev–Trinajstić information content (AvgIpc) is 3.23. The highest BCUT2D eigenvalue weighted by atomic mass is 79.9. The molecule has 2 aromatic rings. The zero-order chi connectivity index (χ0) is 29.0. The molecule has 10 heteroatoms. The number of Topliss-reactive ketones (excluding diaryl/α,β-unsaturated/α-hetero) is 1. The number of rotatable bonds is 6. The number of carbonyl (C=O) groups is 5. The van der Waals surface area contributed by atoms with Gasteiger partial charge in [-0.1, -0.05) is 29.8 Å². The van der Waals surface area contributed by atoms with Crippen LogP contribution < -0.4 is 9.64 Å². The van der Waals surface area contributed by atoms with Crippen molar-refractivity contribution in [3.8, 4) is 5.75 Å². The van der Waals surface area contributed by atoms with Crippen molar-refractivity contribution in [3.63, 3.8) is 0 Å². The number of ether oxygens (including phenoxy) is 1. The zero-order valence-corrected chi connectivity index (χ0v) is 23.2. The number of carboxylic acid groups (broad SMARTS) is 1. The second kappa shape index (κ2) is 10.4. The average molecular weight is 618 g/mol. The van der Waals surface area contributed by atoms with Gasteiger partial charge in [0.05, 0.1) is 34.2 Å². The molecule has 1 heterocycles. The summed E-state index contributed by atoms with van der Waals surface area (Å²) < 4.78 is 5.63. The van der Waals surface area contributed by atoms with E-state index in [2.05, 4.69) is 15.9 Å². The quantitative estimate of drug-likeness (QED) is 0.284. The molecule has 41 heavy (non-hydrogen) atoms. The number of benzene rings is 2. The maximum absolute atomic E-state index is 14.0. The fourth-order valence-corrected chi connectivity index (χ4v) is 6.99. The van der Waals surface area contributed by atoms with Crippen LogP contribution in [0.5, 0.6) is 5.75 Å². The smallest absolute Gasteiger partial charge is 0.335 e. The van der Waals surface area contributed by atoms with Crippen LogP contribution >= 0.6 is 15.9 Å². The number of allylic oxidation sites excluding steroid dienone is 6. The topological polar surface area (TPSA) is 138 Å². The molecule has 2 N–H and O–H groups in total. The van der Waals surface area contributed by atoms with Crippen molar-refractivity contribution in [1.29, 1.82) is 0 Å². The molecule has 1 fully saturated rings. The van der Waals surface area contributed by atoms with Crippen molar-refractivity contribution in [2.24, 2.45) is 17.8 Å². The van der Waals surface area contributed by atoms with Crippen molar-refractivity contribution in [2.45, 2.75) is 18.8 Å². The predicted molar refractivity (Wildman–Crippen MR) is 149 cm³/mol. The fraction of sp³-hybridized carbons (Fsp3) is 0.258. The van der Waals surface area contributed by atoms with Crippen LogP contribution in [0, 0.1) is 17.8 Å². The van der Waals surface area contributed by atoms with Gasteiger partial charge >= 0.3 is 5.97 Å². The number of hydrogen-bond acceptors (Lipinski definition) is 7. The van der Waals surface area contributed by atoms with E-state index in [4.69, 9.17) is 9.84 Å². The van der Waals surface area contributed by atoms with Crippen LogP contribution in [-0.4, -0.2) is 52.8 Å². The minimum atomic E-state index is -1.17. The van der Waals surface area contributed by atoms with Gasteiger partial charge < -0.3 is 14.9 Å². The first-order chi connectivity index (χ1) is 19.7. The SMILES string of the molecule is O=C1C=C(Br)C(=O)C2=C1[C@@H](c1ccc(OCCO)cc1)C1=CC[C@@H]3C(=O)N(c4cccc(C(=O)O)c4)C(=O)[C@@H]3[C@@H]1C2. The van der Waals surface area contributed by atoms with Crippen LogP contribution in [0.3, 0.4) is 0 Å². The van der Waals surface area contributed by atoms with Gasteiger partial charge in [-0.2, -0.15) is 0 Å². The van der Waals surface area contributed by atoms with Gasteiger partial charge in [0.1, 0.15) is 12.4 Å². The number of aliphatic hydroxyl groups excluding tert-OH is 1. The number of imide groups is 1. The summed E-state index contributed by atoms with van der Waals surface area (Å²) in [4.78, 5) is 66.8. The van der Waals surface area contributed by atoms with Crippen LogP contribution in [0.15, 0.2) is 81.9 Å². The molecule has 2 amide bonds. The molecule has 0 unspecified atom stereocenters. The lowest BCUT2D eigenvalue weighted by Gasteiger charge is -2.42. The molecule has 0 saturated carbocycles. The molecule has 9 nitrogen and oxygen atoms in total. The van der Waals surface area contributed by atoms with Crippen molar-refractivity contribution >= 4 is 51.0 Å². The minimum Gasteiger partial charge on any atom is -0.491 e. The molecule has 4 atom stereocenters. The first-order valence-corrected chi connectivity index (χ1v) is 13.9. The molecule has 0 spiro atoms. The first kappa shape index (κ1) is 27.0. The van der Waals surface area contributed by atoms with E-state index in [9.17, 15) is 29.1 Å². The molecule has 0 radical (unpaired) electrons. The number of aliphatic hydroxyl groups is 1. The first-order valence-electron chi connectivity index (χ1n) is 13.1. The number of carboxylic acids is 1. The van der Waals surface area contributed by atoms with Gasteiger partial charge in [0.25, 0.3) is 0 Å². The molecule has 4 aliphatic rings. The number of fused-ring (bicyclic) bond motifs is 3. The lowest BCUT2D eigenvalue weighted by molar-refractivity contribution is -0.123. The summed E-state index contributed by atoms with van der Waals surface area (Å²) in [6.45, 7) is -0.0118. The van der Waals surface area contributed by atoms with Crippen molar-refractivity contribution in [2.75, 3.05) is 18.1 Å². The number of anilines is 1. The normalized spacial score (nSPS) is 25.4. The van der Waals surface area contributed by atoms with Crippen molar-refractivity contribution < 1.29 is 38.9 Å². The second-order valence-electron chi connectivity index (χ2n) is 10.4. The highest BCUT2D eigenvalue weighted by Crippen LogP contribution is 2.55. The Morgan fingerprint density at radius 2 is 1.78 bits per heavy atom. The van der Waals surface area contributed by atoms with E-state index in [0.29, 0.717) is 16.9 Å². The van der Waals surface area contributed by atoms with E-state index in [1.54, 1.807) is 24.3 Å². The number of carbonyl (C=O) groups excluding carboxylic acids is 4. The molecule has 1 saturated heterocycles. The van der Waals surface area contributed by atoms with Crippen molar-refractivity contribution in [3.05, 3.63) is 93.0 Å². The molecule has 0 bridgehead atoms. The van der Waals surface area contributed by atoms with Gasteiger partial charge in [-0.3, -0.25) is 24.1 Å². The van der Waals surface area contributed by atoms with Gasteiger partial charge in [-0.05, 0) is 70.6 Å². The number of halogens is 1. The molecule has 3 aliphatic carbocycles. The van der Waals surface area contributed by atoms with Crippen LogP contribution in [0.4, 0.5) is 5.69 Å². The zero-order valence-electron chi connectivity index (χ0n) is 21.6. The van der Waals surface area contributed by atoms with Gasteiger partial charge in [-0.25, -0.2) is 4.79 Å². The van der Waals surface area contributed by atoms with E-state index >= 15 is 0 Å². The summed E-state index contributed by atoms with van der Waals surface area (Å²) in [5.41, 5.74) is 2.38. The summed E-state index contributed by atoms with van der Waals surface area (Å²) in [7, 11) is 0. The third-order valence-corrected chi connectivity index (χ3v) is 8.84. The Kier molecular flexibility index (Phi) is 6.83. The van der Waals surface area contributed by atoms with E-state index in [1.807, 2.05) is 6.08 Å². The number of hydrogen-bond donors (Lipinski definition) is 2. The highest BCUT2D eigenvalue weighted by molar-refractivity contribution is 9.12. The van der Waals surface area contributed by atoms with Gasteiger partial charge in [0.15, 0.2) is 11.6 Å². The Morgan fingerprint density at radius 3 is 2.49 bits per heavy atom. The summed E-state index contributed by atoms with van der Waals surface area (Å²) in [5.74, 6) is -4.66. The van der Waals surface area contributed by atoms with E-state index in [-0.39, 0.29) is 53.4 Å². The van der Waals surface area contributed by atoms with Crippen LogP contribution in [0.1, 0.15) is 34.7 Å². The number of amides is 2. The Labute approximate surface area is 242 Å². The van der Waals surface area contributed by atoms with Crippen LogP contribution in [0.2, 0.25) is 0 Å². The standard InChI is InChI=1S/C31H24BrNO8/c32-23-14-24(35)27-22(28(23)36)13-21-19(25(27)15-4-6-18(7-5-15)41-11-10-34)8-9-20-26(21)30(38)33(29(20)37)17-3-1-2-16(12-17)31(39)40/h1-8,12,14,20-21,25-26,34H,9-11,13H2,(H,39,40)/t20-,21+,25-,26-/m0/s1. The largest absolute Gasteiger partial charge is 0.491 e. The fourth-order valence-electron chi connectivity index (χ4n) is 6.54. The Bertz CT molecular complexity index is 1620. The summed E-state index contributed by atoms with van der Waals surface area (Å²) in [6, 6.07) is 12.8. The molecular weight excluding hydrogens is 594 g/mol. The Balaban J connectivity index is 1.43. The molecule has 2 aromatic carbocycles. The highest BCUT2D eigenvalue weighted by Gasteiger charge is 2.56. The third-order valence-electron chi connectivity index (χ3n) is 8.26. The van der Waals surface area contributed by atoms with E-state index in [1.165, 1.54) is 30.3 Å². The lowest BCUT2D eigenvalue weighted by atomic mass is 9.59. The summed E-state index contributed by atoms with van der Waals surface area (Å²) >= 11 is 3.22. The number of ketones is 2. The van der Waals surface area contributed by atoms with Crippen LogP contribution in [0.25, 0.3) is 0 Å².